The largest absolute Gasteiger partial charge is 0.497 e. The second-order valence-corrected chi connectivity index (χ2v) is 5.89. The second-order valence-electron chi connectivity index (χ2n) is 5.89. The third kappa shape index (κ3) is 4.16. The van der Waals surface area contributed by atoms with Crippen molar-refractivity contribution in [1.82, 2.24) is 10.2 Å². The lowest BCUT2D eigenvalue weighted by Crippen LogP contribution is -2.15. The van der Waals surface area contributed by atoms with Gasteiger partial charge in [0.1, 0.15) is 5.75 Å². The minimum absolute atomic E-state index is 0.123. The van der Waals surface area contributed by atoms with Gasteiger partial charge in [0, 0.05) is 30.2 Å². The van der Waals surface area contributed by atoms with E-state index in [1.807, 2.05) is 36.4 Å². The predicted octanol–water partition coefficient (Wildman–Crippen LogP) is 2.99. The van der Waals surface area contributed by atoms with Crippen molar-refractivity contribution in [3.05, 3.63) is 76.1 Å². The maximum Gasteiger partial charge on any atom is 0.267 e. The minimum Gasteiger partial charge on any atom is -0.497 e. The van der Waals surface area contributed by atoms with Crippen LogP contribution in [0.1, 0.15) is 18.1 Å². The van der Waals surface area contributed by atoms with Crippen LogP contribution in [0, 0.1) is 0 Å². The summed E-state index contributed by atoms with van der Waals surface area (Å²) in [4.78, 5) is 23.2. The number of nitrogens with zero attached hydrogens (tertiary/aromatic N) is 1. The van der Waals surface area contributed by atoms with Gasteiger partial charge in [0.25, 0.3) is 5.56 Å². The van der Waals surface area contributed by atoms with Crippen molar-refractivity contribution in [2.45, 2.75) is 13.3 Å². The molecule has 26 heavy (non-hydrogen) atoms. The molecule has 0 aliphatic rings. The van der Waals surface area contributed by atoms with Crippen LogP contribution in [0.2, 0.25) is 0 Å². The summed E-state index contributed by atoms with van der Waals surface area (Å²) in [5.74, 6) is 0.652. The van der Waals surface area contributed by atoms with Crippen LogP contribution >= 0.6 is 0 Å². The van der Waals surface area contributed by atoms with E-state index in [2.05, 4.69) is 15.5 Å². The third-order valence-electron chi connectivity index (χ3n) is 3.94. The number of aromatic amines is 1. The SMILES string of the molecule is COc1ccc(Cc2cc(-c3ccc(NC(C)=O)cc3)n[nH]c2=O)cc1. The Labute approximate surface area is 150 Å². The highest BCUT2D eigenvalue weighted by Crippen LogP contribution is 2.20. The monoisotopic (exact) mass is 349 g/mol. The molecule has 2 aromatic carbocycles. The van der Waals surface area contributed by atoms with Gasteiger partial charge >= 0.3 is 0 Å². The average Bonchev–Trinajstić information content (AvgIpc) is 2.64. The molecule has 1 amide bonds. The molecule has 0 saturated carbocycles. The molecule has 0 atom stereocenters. The molecule has 1 heterocycles. The molecule has 3 rings (SSSR count). The summed E-state index contributed by atoms with van der Waals surface area (Å²) in [6, 6.07) is 16.7. The van der Waals surface area contributed by atoms with Crippen molar-refractivity contribution in [1.29, 1.82) is 0 Å². The lowest BCUT2D eigenvalue weighted by Gasteiger charge is -2.07. The van der Waals surface area contributed by atoms with Gasteiger partial charge in [-0.3, -0.25) is 9.59 Å². The highest BCUT2D eigenvalue weighted by Gasteiger charge is 2.07. The maximum absolute atomic E-state index is 12.1. The topological polar surface area (TPSA) is 84.1 Å². The zero-order chi connectivity index (χ0) is 18.5. The van der Waals surface area contributed by atoms with Gasteiger partial charge in [-0.25, -0.2) is 5.10 Å². The number of nitrogens with one attached hydrogen (secondary N) is 2. The molecule has 0 fully saturated rings. The fourth-order valence-corrected chi connectivity index (χ4v) is 2.62. The summed E-state index contributed by atoms with van der Waals surface area (Å²) < 4.78 is 5.15. The molecule has 3 aromatic rings. The van der Waals surface area contributed by atoms with Crippen LogP contribution in [0.15, 0.2) is 59.4 Å². The number of carbonyl (C=O) groups excluding carboxylic acids is 1. The number of ether oxygens (including phenoxy) is 1. The molecular weight excluding hydrogens is 330 g/mol. The van der Waals surface area contributed by atoms with Gasteiger partial charge < -0.3 is 10.1 Å². The second kappa shape index (κ2) is 7.65. The number of amides is 1. The summed E-state index contributed by atoms with van der Waals surface area (Å²) in [5, 5.41) is 9.40. The number of hydrogen-bond acceptors (Lipinski definition) is 4. The summed E-state index contributed by atoms with van der Waals surface area (Å²) >= 11 is 0. The van der Waals surface area contributed by atoms with Crippen molar-refractivity contribution in [3.63, 3.8) is 0 Å². The van der Waals surface area contributed by atoms with Gasteiger partial charge in [-0.1, -0.05) is 24.3 Å². The molecule has 132 valence electrons. The number of anilines is 1. The van der Waals surface area contributed by atoms with Crippen molar-refractivity contribution < 1.29 is 9.53 Å². The molecule has 6 heteroatoms. The van der Waals surface area contributed by atoms with Crippen LogP contribution in [-0.4, -0.2) is 23.2 Å². The van der Waals surface area contributed by atoms with E-state index < -0.39 is 0 Å². The molecular formula is C20H19N3O3. The van der Waals surface area contributed by atoms with Crippen LogP contribution in [0.3, 0.4) is 0 Å². The van der Waals surface area contributed by atoms with E-state index >= 15 is 0 Å². The van der Waals surface area contributed by atoms with Crippen molar-refractivity contribution in [2.75, 3.05) is 12.4 Å². The highest BCUT2D eigenvalue weighted by atomic mass is 16.5. The summed E-state index contributed by atoms with van der Waals surface area (Å²) in [6.07, 6.45) is 0.499. The van der Waals surface area contributed by atoms with Gasteiger partial charge in [-0.15, -0.1) is 0 Å². The standard InChI is InChI=1S/C20H19N3O3/c1-13(24)21-17-7-5-15(6-8-17)19-12-16(20(25)23-22-19)11-14-3-9-18(26-2)10-4-14/h3-10,12H,11H2,1-2H3,(H,21,24)(H,23,25). The Morgan fingerprint density at radius 1 is 1.12 bits per heavy atom. The Morgan fingerprint density at radius 2 is 1.81 bits per heavy atom. The number of H-pyrrole nitrogens is 1. The highest BCUT2D eigenvalue weighted by molar-refractivity contribution is 5.88. The minimum atomic E-state index is -0.209. The molecule has 0 aliphatic heterocycles. The number of methoxy groups -OCH3 is 1. The van der Waals surface area contributed by atoms with Gasteiger partial charge in [-0.2, -0.15) is 5.10 Å². The quantitative estimate of drug-likeness (QED) is 0.742. The normalized spacial score (nSPS) is 10.4. The summed E-state index contributed by atoms with van der Waals surface area (Å²) in [5.41, 5.74) is 3.66. The summed E-state index contributed by atoms with van der Waals surface area (Å²) in [6.45, 7) is 1.46. The molecule has 1 aromatic heterocycles. The van der Waals surface area contributed by atoms with Crippen LogP contribution in [0.25, 0.3) is 11.3 Å². The first-order valence-corrected chi connectivity index (χ1v) is 8.15. The molecule has 0 aliphatic carbocycles. The van der Waals surface area contributed by atoms with Crippen LogP contribution in [0.5, 0.6) is 5.75 Å². The van der Waals surface area contributed by atoms with Crippen LogP contribution < -0.4 is 15.6 Å². The Bertz CT molecular complexity index is 961. The molecule has 0 spiro atoms. The number of rotatable bonds is 5. The molecule has 2 N–H and O–H groups in total. The van der Waals surface area contributed by atoms with E-state index in [0.29, 0.717) is 23.4 Å². The lowest BCUT2D eigenvalue weighted by atomic mass is 10.0. The first-order chi connectivity index (χ1) is 12.5. The number of aromatic nitrogens is 2. The zero-order valence-electron chi connectivity index (χ0n) is 14.6. The fraction of sp³-hybridized carbons (Fsp3) is 0.150. The van der Waals surface area contributed by atoms with E-state index in [4.69, 9.17) is 4.74 Å². The average molecular weight is 349 g/mol. The first kappa shape index (κ1) is 17.4. The van der Waals surface area contributed by atoms with Crippen LogP contribution in [0.4, 0.5) is 5.69 Å². The lowest BCUT2D eigenvalue weighted by molar-refractivity contribution is -0.114. The zero-order valence-corrected chi connectivity index (χ0v) is 14.6. The van der Waals surface area contributed by atoms with Crippen molar-refractivity contribution in [3.8, 4) is 17.0 Å². The Balaban J connectivity index is 1.84. The molecule has 6 nitrogen and oxygen atoms in total. The van der Waals surface area contributed by atoms with E-state index in [0.717, 1.165) is 16.9 Å². The van der Waals surface area contributed by atoms with Crippen LogP contribution in [-0.2, 0) is 11.2 Å². The van der Waals surface area contributed by atoms with Gasteiger partial charge in [0.15, 0.2) is 0 Å². The fourth-order valence-electron chi connectivity index (χ4n) is 2.62. The van der Waals surface area contributed by atoms with Gasteiger partial charge in [-0.05, 0) is 35.9 Å². The Hall–Kier alpha value is -3.41. The molecule has 0 bridgehead atoms. The van der Waals surface area contributed by atoms with E-state index in [9.17, 15) is 9.59 Å². The van der Waals surface area contributed by atoms with E-state index in [1.165, 1.54) is 6.92 Å². The first-order valence-electron chi connectivity index (χ1n) is 8.15. The third-order valence-corrected chi connectivity index (χ3v) is 3.94. The number of hydrogen-bond donors (Lipinski definition) is 2. The summed E-state index contributed by atoms with van der Waals surface area (Å²) in [7, 11) is 1.62. The van der Waals surface area contributed by atoms with Gasteiger partial charge in [0.05, 0.1) is 12.8 Å². The van der Waals surface area contributed by atoms with Crippen molar-refractivity contribution in [2.24, 2.45) is 0 Å². The Morgan fingerprint density at radius 3 is 2.42 bits per heavy atom. The van der Waals surface area contributed by atoms with E-state index in [-0.39, 0.29) is 11.5 Å². The maximum atomic E-state index is 12.1. The van der Waals surface area contributed by atoms with Gasteiger partial charge in [0.2, 0.25) is 5.91 Å². The predicted molar refractivity (Wildman–Crippen MR) is 100 cm³/mol. The Kier molecular flexibility index (Phi) is 5.12. The van der Waals surface area contributed by atoms with Crippen molar-refractivity contribution >= 4 is 11.6 Å². The number of benzene rings is 2. The van der Waals surface area contributed by atoms with E-state index in [1.54, 1.807) is 25.3 Å². The smallest absolute Gasteiger partial charge is 0.267 e. The molecule has 0 radical (unpaired) electrons. The number of carbonyl (C=O) groups is 1. The molecule has 0 saturated heterocycles. The molecule has 0 unspecified atom stereocenters.